The highest BCUT2D eigenvalue weighted by atomic mass is 16.6. The first kappa shape index (κ1) is 18.2. The first-order valence-electron chi connectivity index (χ1n) is 9.08. The average molecular weight is 382 g/mol. The van der Waals surface area contributed by atoms with Crippen molar-refractivity contribution in [3.8, 4) is 17.2 Å². The Morgan fingerprint density at radius 2 is 1.79 bits per heavy atom. The molecule has 7 heteroatoms. The summed E-state index contributed by atoms with van der Waals surface area (Å²) >= 11 is 0. The molecule has 0 unspecified atom stereocenters. The molecular formula is C21H22N2O5. The molecule has 0 fully saturated rings. The molecule has 0 saturated heterocycles. The lowest BCUT2D eigenvalue weighted by molar-refractivity contribution is -0.384. The van der Waals surface area contributed by atoms with Crippen LogP contribution in [-0.2, 0) is 0 Å². The lowest BCUT2D eigenvalue weighted by atomic mass is 9.77. The molecule has 2 aromatic rings. The molecule has 0 saturated carbocycles. The molecule has 0 amide bonds. The SMILES string of the molecule is COc1cc([C@@H]2Nc3ccc([N+](=O)[O-])cc3[C@@H]3C=CC[C@@H]32)cc(OC)c1OC. The fourth-order valence-electron chi connectivity index (χ4n) is 4.31. The smallest absolute Gasteiger partial charge is 0.269 e. The lowest BCUT2D eigenvalue weighted by Crippen LogP contribution is -2.29. The standard InChI is InChI=1S/C21H22N2O5/c1-26-18-9-12(10-19(27-2)21(18)28-3)20-15-6-4-5-14(15)16-11-13(23(24)25)7-8-17(16)22-20/h4-5,7-11,14-15,20,22H,6H2,1-3H3/t14-,15+,20+/m1/s1. The second kappa shape index (κ2) is 7.07. The minimum absolute atomic E-state index is 0.0164. The Balaban J connectivity index is 1.79. The van der Waals surface area contributed by atoms with E-state index >= 15 is 0 Å². The van der Waals surface area contributed by atoms with Crippen molar-refractivity contribution >= 4 is 11.4 Å². The Morgan fingerprint density at radius 1 is 1.07 bits per heavy atom. The van der Waals surface area contributed by atoms with E-state index in [-0.39, 0.29) is 28.5 Å². The third-order valence-corrected chi connectivity index (χ3v) is 5.60. The summed E-state index contributed by atoms with van der Waals surface area (Å²) < 4.78 is 16.5. The van der Waals surface area contributed by atoms with E-state index in [1.165, 1.54) is 6.07 Å². The number of nitro benzene ring substituents is 1. The fourth-order valence-corrected chi connectivity index (χ4v) is 4.31. The van der Waals surface area contributed by atoms with E-state index in [1.54, 1.807) is 33.5 Å². The zero-order valence-electron chi connectivity index (χ0n) is 16.0. The van der Waals surface area contributed by atoms with Gasteiger partial charge in [-0.05, 0) is 41.7 Å². The summed E-state index contributed by atoms with van der Waals surface area (Å²) in [5, 5.41) is 14.8. The lowest BCUT2D eigenvalue weighted by Gasteiger charge is -2.37. The van der Waals surface area contributed by atoms with E-state index in [0.717, 1.165) is 23.2 Å². The van der Waals surface area contributed by atoms with Crippen LogP contribution in [-0.4, -0.2) is 26.3 Å². The quantitative estimate of drug-likeness (QED) is 0.467. The summed E-state index contributed by atoms with van der Waals surface area (Å²) in [6.07, 6.45) is 5.19. The number of nitrogens with one attached hydrogen (secondary N) is 1. The Labute approximate surface area is 163 Å². The molecule has 0 spiro atoms. The van der Waals surface area contributed by atoms with Gasteiger partial charge in [0.2, 0.25) is 5.75 Å². The fraction of sp³-hybridized carbons (Fsp3) is 0.333. The topological polar surface area (TPSA) is 82.9 Å². The maximum absolute atomic E-state index is 11.2. The molecule has 1 N–H and O–H groups in total. The number of non-ortho nitro benzene ring substituents is 1. The van der Waals surface area contributed by atoms with Crippen molar-refractivity contribution in [2.75, 3.05) is 26.6 Å². The predicted molar refractivity (Wildman–Crippen MR) is 106 cm³/mol. The van der Waals surface area contributed by atoms with Crippen LogP contribution < -0.4 is 19.5 Å². The normalized spacial score (nSPS) is 22.0. The first-order chi connectivity index (χ1) is 13.6. The van der Waals surface area contributed by atoms with Gasteiger partial charge in [-0.3, -0.25) is 10.1 Å². The Morgan fingerprint density at radius 3 is 2.39 bits per heavy atom. The molecule has 2 aromatic carbocycles. The van der Waals surface area contributed by atoms with Gasteiger partial charge in [0.15, 0.2) is 11.5 Å². The monoisotopic (exact) mass is 382 g/mol. The van der Waals surface area contributed by atoms with Crippen LogP contribution >= 0.6 is 0 Å². The summed E-state index contributed by atoms with van der Waals surface area (Å²) in [6, 6.07) is 8.96. The Kier molecular flexibility index (Phi) is 4.58. The maximum atomic E-state index is 11.2. The van der Waals surface area contributed by atoms with E-state index in [9.17, 15) is 10.1 Å². The average Bonchev–Trinajstić information content (AvgIpc) is 3.21. The number of allylic oxidation sites excluding steroid dienone is 2. The van der Waals surface area contributed by atoms with Crippen molar-refractivity contribution in [2.24, 2.45) is 5.92 Å². The van der Waals surface area contributed by atoms with Gasteiger partial charge in [0, 0.05) is 23.7 Å². The molecular weight excluding hydrogens is 360 g/mol. The molecule has 146 valence electrons. The number of benzene rings is 2. The van der Waals surface area contributed by atoms with Crippen molar-refractivity contribution in [3.05, 3.63) is 63.7 Å². The number of nitrogens with zero attached hydrogens (tertiary/aromatic N) is 1. The van der Waals surface area contributed by atoms with Gasteiger partial charge in [-0.25, -0.2) is 0 Å². The second-order valence-corrected chi connectivity index (χ2v) is 6.96. The zero-order valence-corrected chi connectivity index (χ0v) is 16.0. The van der Waals surface area contributed by atoms with Gasteiger partial charge in [-0.15, -0.1) is 0 Å². The summed E-state index contributed by atoms with van der Waals surface area (Å²) in [6.45, 7) is 0. The number of anilines is 1. The minimum Gasteiger partial charge on any atom is -0.493 e. The largest absolute Gasteiger partial charge is 0.493 e. The molecule has 2 aliphatic rings. The van der Waals surface area contributed by atoms with Crippen LogP contribution in [0.1, 0.15) is 29.5 Å². The summed E-state index contributed by atoms with van der Waals surface area (Å²) in [4.78, 5) is 10.8. The van der Waals surface area contributed by atoms with Crippen molar-refractivity contribution in [3.63, 3.8) is 0 Å². The van der Waals surface area contributed by atoms with Crippen LogP contribution in [0, 0.1) is 16.0 Å². The van der Waals surface area contributed by atoms with Crippen molar-refractivity contribution in [2.45, 2.75) is 18.4 Å². The molecule has 0 aromatic heterocycles. The molecule has 28 heavy (non-hydrogen) atoms. The third kappa shape index (κ3) is 2.83. The van der Waals surface area contributed by atoms with Gasteiger partial charge in [-0.2, -0.15) is 0 Å². The number of hydrogen-bond donors (Lipinski definition) is 1. The second-order valence-electron chi connectivity index (χ2n) is 6.96. The molecule has 7 nitrogen and oxygen atoms in total. The maximum Gasteiger partial charge on any atom is 0.269 e. The van der Waals surface area contributed by atoms with Crippen LogP contribution in [0.15, 0.2) is 42.5 Å². The summed E-state index contributed by atoms with van der Waals surface area (Å²) in [5.74, 6) is 2.14. The molecule has 1 aliphatic carbocycles. The molecule has 3 atom stereocenters. The van der Waals surface area contributed by atoms with E-state index < -0.39 is 0 Å². The zero-order chi connectivity index (χ0) is 19.8. The van der Waals surface area contributed by atoms with Gasteiger partial charge >= 0.3 is 0 Å². The summed E-state index contributed by atoms with van der Waals surface area (Å²) in [5.41, 5.74) is 3.02. The number of ether oxygens (including phenoxy) is 3. The number of rotatable bonds is 5. The van der Waals surface area contributed by atoms with E-state index in [1.807, 2.05) is 12.1 Å². The van der Waals surface area contributed by atoms with Crippen LogP contribution in [0.3, 0.4) is 0 Å². The minimum atomic E-state index is -0.348. The van der Waals surface area contributed by atoms with Crippen LogP contribution in [0.5, 0.6) is 17.2 Å². The number of nitro groups is 1. The van der Waals surface area contributed by atoms with Gasteiger partial charge in [0.05, 0.1) is 32.3 Å². The van der Waals surface area contributed by atoms with Crippen LogP contribution in [0.4, 0.5) is 11.4 Å². The third-order valence-electron chi connectivity index (χ3n) is 5.60. The van der Waals surface area contributed by atoms with E-state index in [4.69, 9.17) is 14.2 Å². The highest BCUT2D eigenvalue weighted by Gasteiger charge is 2.39. The van der Waals surface area contributed by atoms with Gasteiger partial charge in [0.25, 0.3) is 5.69 Å². The molecule has 1 heterocycles. The number of hydrogen-bond acceptors (Lipinski definition) is 6. The number of fused-ring (bicyclic) bond motifs is 3. The first-order valence-corrected chi connectivity index (χ1v) is 9.08. The predicted octanol–water partition coefficient (Wildman–Crippen LogP) is 4.45. The summed E-state index contributed by atoms with van der Waals surface area (Å²) in [7, 11) is 4.78. The van der Waals surface area contributed by atoms with E-state index in [0.29, 0.717) is 17.2 Å². The van der Waals surface area contributed by atoms with Gasteiger partial charge in [-0.1, -0.05) is 12.2 Å². The Hall–Kier alpha value is -3.22. The van der Waals surface area contributed by atoms with Crippen molar-refractivity contribution in [1.82, 2.24) is 0 Å². The molecule has 4 rings (SSSR count). The molecule has 1 aliphatic heterocycles. The number of methoxy groups -OCH3 is 3. The van der Waals surface area contributed by atoms with Gasteiger partial charge < -0.3 is 19.5 Å². The van der Waals surface area contributed by atoms with Crippen molar-refractivity contribution < 1.29 is 19.1 Å². The van der Waals surface area contributed by atoms with Gasteiger partial charge in [0.1, 0.15) is 0 Å². The molecule has 0 radical (unpaired) electrons. The Bertz CT molecular complexity index is 931. The van der Waals surface area contributed by atoms with Crippen LogP contribution in [0.2, 0.25) is 0 Å². The highest BCUT2D eigenvalue weighted by Crippen LogP contribution is 2.52. The highest BCUT2D eigenvalue weighted by molar-refractivity contribution is 5.64. The van der Waals surface area contributed by atoms with Crippen LogP contribution in [0.25, 0.3) is 0 Å². The van der Waals surface area contributed by atoms with Crippen molar-refractivity contribution in [1.29, 1.82) is 0 Å². The molecule has 0 bridgehead atoms. The van der Waals surface area contributed by atoms with E-state index in [2.05, 4.69) is 17.5 Å².